The Hall–Kier alpha value is -1.65. The quantitative estimate of drug-likeness (QED) is 0.421. The summed E-state index contributed by atoms with van der Waals surface area (Å²) in [6, 6.07) is 0. The predicted octanol–water partition coefficient (Wildman–Crippen LogP) is 5.41. The Morgan fingerprint density at radius 1 is 0.906 bits per heavy atom. The molecule has 5 heteroatoms. The van der Waals surface area contributed by atoms with Crippen molar-refractivity contribution in [3.63, 3.8) is 0 Å². The molecule has 0 aromatic heterocycles. The zero-order chi connectivity index (χ0) is 23.7. The number of rotatable bonds is 2. The highest BCUT2D eigenvalue weighted by Gasteiger charge is 2.67. The van der Waals surface area contributed by atoms with E-state index >= 15 is 0 Å². The molecular weight excluding hydrogens is 404 g/mol. The van der Waals surface area contributed by atoms with Crippen molar-refractivity contribution in [2.75, 3.05) is 0 Å². The first-order chi connectivity index (χ1) is 14.7. The van der Waals surface area contributed by atoms with Gasteiger partial charge in [-0.05, 0) is 75.0 Å². The monoisotopic (exact) mass is 444 g/mol. The predicted molar refractivity (Wildman–Crippen MR) is 122 cm³/mol. The molecule has 32 heavy (non-hydrogen) atoms. The van der Waals surface area contributed by atoms with Crippen LogP contribution >= 0.6 is 0 Å². The van der Waals surface area contributed by atoms with E-state index in [4.69, 9.17) is 9.47 Å². The number of ether oxygens (including phenoxy) is 2. The smallest absolute Gasteiger partial charge is 0.302 e. The van der Waals surface area contributed by atoms with Crippen molar-refractivity contribution in [1.82, 2.24) is 0 Å². The first-order valence-electron chi connectivity index (χ1n) is 12.4. The first kappa shape index (κ1) is 23.5. The Morgan fingerprint density at radius 2 is 1.50 bits per heavy atom. The van der Waals surface area contributed by atoms with Crippen LogP contribution in [-0.4, -0.2) is 29.2 Å². The van der Waals surface area contributed by atoms with Crippen LogP contribution in [0, 0.1) is 34.0 Å². The molecule has 4 rings (SSSR count). The van der Waals surface area contributed by atoms with Gasteiger partial charge in [0.05, 0.1) is 0 Å². The fraction of sp³-hybridized carbons (Fsp3) is 0.815. The Kier molecular flexibility index (Phi) is 5.46. The molecular formula is C27H40O5. The lowest BCUT2D eigenvalue weighted by molar-refractivity contribution is -0.238. The van der Waals surface area contributed by atoms with E-state index in [1.807, 2.05) is 0 Å². The number of Topliss-reactive ketones (excluding diaryl/α,β-unsaturated/α-hetero) is 1. The van der Waals surface area contributed by atoms with Gasteiger partial charge < -0.3 is 9.47 Å². The van der Waals surface area contributed by atoms with Crippen LogP contribution in [0.15, 0.2) is 11.8 Å². The van der Waals surface area contributed by atoms with Crippen LogP contribution in [0.1, 0.15) is 93.4 Å². The molecule has 4 aliphatic rings. The third-order valence-electron chi connectivity index (χ3n) is 10.1. The molecule has 0 unspecified atom stereocenters. The normalized spacial score (nSPS) is 46.3. The number of hydrogen-bond donors (Lipinski definition) is 0. The van der Waals surface area contributed by atoms with Gasteiger partial charge in [0.1, 0.15) is 11.7 Å². The van der Waals surface area contributed by atoms with Gasteiger partial charge in [-0.15, -0.1) is 0 Å². The molecule has 0 aromatic carbocycles. The summed E-state index contributed by atoms with van der Waals surface area (Å²) in [4.78, 5) is 36.3. The molecule has 1 saturated heterocycles. The Labute approximate surface area is 192 Å². The average Bonchev–Trinajstić information content (AvgIpc) is 2.65. The second-order valence-electron chi connectivity index (χ2n) is 12.4. The van der Waals surface area contributed by atoms with Crippen LogP contribution in [0.2, 0.25) is 0 Å². The maximum Gasteiger partial charge on any atom is 0.302 e. The number of fused-ring (bicyclic) bond motifs is 5. The van der Waals surface area contributed by atoms with E-state index in [-0.39, 0.29) is 51.6 Å². The van der Waals surface area contributed by atoms with Gasteiger partial charge in [0.15, 0.2) is 17.3 Å². The number of allylic oxidation sites excluding steroid dienone is 2. The molecule has 0 radical (unpaired) electrons. The van der Waals surface area contributed by atoms with Gasteiger partial charge in [-0.1, -0.05) is 27.7 Å². The largest absolute Gasteiger partial charge is 0.483 e. The van der Waals surface area contributed by atoms with Crippen LogP contribution in [-0.2, 0) is 23.9 Å². The molecule has 0 spiro atoms. The zero-order valence-electron chi connectivity index (χ0n) is 20.9. The molecule has 0 amide bonds. The van der Waals surface area contributed by atoms with E-state index < -0.39 is 5.60 Å². The molecule has 0 aromatic rings. The van der Waals surface area contributed by atoms with Crippen LogP contribution in [0.5, 0.6) is 0 Å². The number of ketones is 2. The van der Waals surface area contributed by atoms with E-state index in [1.165, 1.54) is 19.9 Å². The van der Waals surface area contributed by atoms with E-state index in [0.717, 1.165) is 38.5 Å². The lowest BCUT2D eigenvalue weighted by Gasteiger charge is -2.69. The van der Waals surface area contributed by atoms with E-state index in [0.29, 0.717) is 18.3 Å². The minimum absolute atomic E-state index is 0.0139. The van der Waals surface area contributed by atoms with Crippen molar-refractivity contribution in [1.29, 1.82) is 0 Å². The molecule has 178 valence electrons. The molecule has 0 N–H and O–H groups in total. The van der Waals surface area contributed by atoms with Crippen LogP contribution in [0.3, 0.4) is 0 Å². The zero-order valence-corrected chi connectivity index (χ0v) is 20.9. The Bertz CT molecular complexity index is 871. The van der Waals surface area contributed by atoms with Crippen molar-refractivity contribution in [3.05, 3.63) is 11.8 Å². The summed E-state index contributed by atoms with van der Waals surface area (Å²) in [6.07, 6.45) is 7.83. The SMILES string of the molecule is CC(=O)C=C1O[C@@]2(C)CC[C@@H]3[C@@]4(C)CC[C@H](OC(C)=O)C(C)(C)[C@@H]4CC[C@@]3(C)[C@@H]2CC1=O. The van der Waals surface area contributed by atoms with Gasteiger partial charge in [-0.25, -0.2) is 0 Å². The third kappa shape index (κ3) is 3.37. The summed E-state index contributed by atoms with van der Waals surface area (Å²) in [6.45, 7) is 14.5. The minimum Gasteiger partial charge on any atom is -0.483 e. The number of hydrogen-bond acceptors (Lipinski definition) is 5. The van der Waals surface area contributed by atoms with Gasteiger partial charge in [0.25, 0.3) is 0 Å². The van der Waals surface area contributed by atoms with Crippen LogP contribution < -0.4 is 0 Å². The van der Waals surface area contributed by atoms with Gasteiger partial charge in [0, 0.05) is 30.8 Å². The van der Waals surface area contributed by atoms with Gasteiger partial charge >= 0.3 is 5.97 Å². The van der Waals surface area contributed by atoms with Crippen LogP contribution in [0.4, 0.5) is 0 Å². The molecule has 1 aliphatic heterocycles. The van der Waals surface area contributed by atoms with E-state index in [2.05, 4.69) is 34.6 Å². The van der Waals surface area contributed by atoms with Crippen molar-refractivity contribution >= 4 is 17.5 Å². The summed E-state index contributed by atoms with van der Waals surface area (Å²) < 4.78 is 12.1. The van der Waals surface area contributed by atoms with E-state index in [9.17, 15) is 14.4 Å². The average molecular weight is 445 g/mol. The Balaban J connectivity index is 1.66. The molecule has 3 aliphatic carbocycles. The summed E-state index contributed by atoms with van der Waals surface area (Å²) in [5.41, 5.74) is -0.321. The standard InChI is InChI=1S/C27H40O5/c1-16(28)14-19-18(30)15-22-26(6)11-8-20-24(3,4)23(31-17(2)29)10-12-25(20,5)21(26)9-13-27(22,7)32-19/h14,20-23H,8-13,15H2,1-7H3/t20-,21+,22-,23-,25-,26+,27-/m0/s1. The Morgan fingerprint density at radius 3 is 2.12 bits per heavy atom. The fourth-order valence-corrected chi connectivity index (χ4v) is 8.81. The van der Waals surface area contributed by atoms with Crippen molar-refractivity contribution < 1.29 is 23.9 Å². The second kappa shape index (κ2) is 7.43. The van der Waals surface area contributed by atoms with Gasteiger partial charge in [0.2, 0.25) is 0 Å². The van der Waals surface area contributed by atoms with E-state index in [1.54, 1.807) is 0 Å². The molecule has 1 heterocycles. The van der Waals surface area contributed by atoms with Crippen molar-refractivity contribution in [2.45, 2.75) is 105 Å². The number of carbonyl (C=O) groups excluding carboxylic acids is 3. The summed E-state index contributed by atoms with van der Waals surface area (Å²) in [5, 5.41) is 0. The topological polar surface area (TPSA) is 69.7 Å². The maximum absolute atomic E-state index is 13.0. The highest BCUT2D eigenvalue weighted by molar-refractivity contribution is 6.01. The minimum atomic E-state index is -0.409. The third-order valence-corrected chi connectivity index (χ3v) is 10.1. The molecule has 7 atom stereocenters. The highest BCUT2D eigenvalue weighted by atomic mass is 16.5. The molecule has 0 bridgehead atoms. The van der Waals surface area contributed by atoms with Crippen molar-refractivity contribution in [3.8, 4) is 0 Å². The molecule has 4 fully saturated rings. The molecule has 3 saturated carbocycles. The number of carbonyl (C=O) groups is 3. The fourth-order valence-electron chi connectivity index (χ4n) is 8.81. The molecule has 5 nitrogen and oxygen atoms in total. The van der Waals surface area contributed by atoms with Gasteiger partial charge in [-0.3, -0.25) is 14.4 Å². The summed E-state index contributed by atoms with van der Waals surface area (Å²) in [7, 11) is 0. The number of esters is 1. The second-order valence-corrected chi connectivity index (χ2v) is 12.4. The lowest BCUT2D eigenvalue weighted by Crippen LogP contribution is -2.65. The first-order valence-corrected chi connectivity index (χ1v) is 12.4. The maximum atomic E-state index is 13.0. The summed E-state index contributed by atoms with van der Waals surface area (Å²) in [5.74, 6) is 1.01. The summed E-state index contributed by atoms with van der Waals surface area (Å²) >= 11 is 0. The highest BCUT2D eigenvalue weighted by Crippen LogP contribution is 2.71. The van der Waals surface area contributed by atoms with Crippen molar-refractivity contribution in [2.24, 2.45) is 34.0 Å². The lowest BCUT2D eigenvalue weighted by atomic mass is 9.37. The van der Waals surface area contributed by atoms with Gasteiger partial charge in [-0.2, -0.15) is 0 Å². The van der Waals surface area contributed by atoms with Crippen LogP contribution in [0.25, 0.3) is 0 Å².